The Kier molecular flexibility index (Phi) is 1.67. The summed E-state index contributed by atoms with van der Waals surface area (Å²) in [6, 6.07) is 7.35. The fourth-order valence-electron chi connectivity index (χ4n) is 2.48. The third kappa shape index (κ3) is 0.988. The molecule has 3 rings (SSSR count). The molecule has 4 heteroatoms. The molecule has 0 bridgehead atoms. The molecular formula is C12H11NO3. The van der Waals surface area contributed by atoms with Crippen molar-refractivity contribution in [3.8, 4) is 5.75 Å². The lowest BCUT2D eigenvalue weighted by Gasteiger charge is -2.10. The Morgan fingerprint density at radius 1 is 1.31 bits per heavy atom. The number of rotatable bonds is 2. The Bertz CT molecular complexity index is 480. The summed E-state index contributed by atoms with van der Waals surface area (Å²) >= 11 is 0. The first-order chi connectivity index (χ1) is 7.68. The average Bonchev–Trinajstić information content (AvgIpc) is 3.00. The molecule has 2 fully saturated rings. The van der Waals surface area contributed by atoms with Crippen LogP contribution in [0.15, 0.2) is 24.3 Å². The zero-order valence-corrected chi connectivity index (χ0v) is 8.82. The van der Waals surface area contributed by atoms with E-state index in [-0.39, 0.29) is 17.7 Å². The van der Waals surface area contributed by atoms with Crippen LogP contribution in [0.25, 0.3) is 0 Å². The molecule has 0 radical (unpaired) electrons. The molecule has 1 aromatic carbocycles. The van der Waals surface area contributed by atoms with Crippen LogP contribution in [0.2, 0.25) is 0 Å². The Hall–Kier alpha value is -1.84. The van der Waals surface area contributed by atoms with E-state index in [4.69, 9.17) is 4.74 Å². The topological polar surface area (TPSA) is 55.4 Å². The molecule has 0 spiro atoms. The monoisotopic (exact) mass is 217 g/mol. The Labute approximate surface area is 92.6 Å². The summed E-state index contributed by atoms with van der Waals surface area (Å²) in [6.45, 7) is 0. The third-order valence-electron chi connectivity index (χ3n) is 3.52. The highest BCUT2D eigenvalue weighted by Crippen LogP contribution is 2.57. The van der Waals surface area contributed by atoms with Crippen molar-refractivity contribution >= 4 is 11.8 Å². The summed E-state index contributed by atoms with van der Waals surface area (Å²) in [6.07, 6.45) is 0.643. The highest BCUT2D eigenvalue weighted by molar-refractivity contribution is 6.15. The van der Waals surface area contributed by atoms with Crippen molar-refractivity contribution in [1.29, 1.82) is 0 Å². The minimum Gasteiger partial charge on any atom is -0.497 e. The predicted molar refractivity (Wildman–Crippen MR) is 55.9 cm³/mol. The van der Waals surface area contributed by atoms with Gasteiger partial charge in [-0.3, -0.25) is 14.9 Å². The number of carbonyl (C=O) groups excluding carboxylic acids is 2. The maximum atomic E-state index is 11.7. The van der Waals surface area contributed by atoms with Gasteiger partial charge in [0.1, 0.15) is 5.75 Å². The summed E-state index contributed by atoms with van der Waals surface area (Å²) in [7, 11) is 1.60. The molecule has 1 N–H and O–H groups in total. The number of hydrogen-bond acceptors (Lipinski definition) is 3. The van der Waals surface area contributed by atoms with E-state index in [0.29, 0.717) is 6.42 Å². The van der Waals surface area contributed by atoms with Crippen LogP contribution in [0.1, 0.15) is 12.0 Å². The standard InChI is InChI=1S/C12H11NO3/c1-16-8-4-2-7(3-5-8)12-6-9(12)10(14)13-11(12)15/h2-5,9H,6H2,1H3,(H,13,14,15)/t9-,12?/m1/s1. The summed E-state index contributed by atoms with van der Waals surface area (Å²) in [4.78, 5) is 23.1. The molecule has 4 nitrogen and oxygen atoms in total. The van der Waals surface area contributed by atoms with E-state index in [1.165, 1.54) is 0 Å². The fraction of sp³-hybridized carbons (Fsp3) is 0.333. The number of imide groups is 1. The SMILES string of the molecule is COc1ccc(C23C[C@@H]2C(=O)NC3=O)cc1. The molecule has 2 atom stereocenters. The van der Waals surface area contributed by atoms with E-state index >= 15 is 0 Å². The van der Waals surface area contributed by atoms with Gasteiger partial charge in [-0.25, -0.2) is 0 Å². The normalized spacial score (nSPS) is 30.9. The Balaban J connectivity index is 1.99. The van der Waals surface area contributed by atoms with Crippen LogP contribution in [0.4, 0.5) is 0 Å². The molecule has 1 heterocycles. The molecule has 2 aliphatic rings. The van der Waals surface area contributed by atoms with E-state index in [1.807, 2.05) is 24.3 Å². The van der Waals surface area contributed by atoms with Gasteiger partial charge in [-0.2, -0.15) is 0 Å². The molecule has 2 amide bonds. The van der Waals surface area contributed by atoms with Gasteiger partial charge in [0.05, 0.1) is 18.4 Å². The summed E-state index contributed by atoms with van der Waals surface area (Å²) in [5.41, 5.74) is 0.324. The number of piperidine rings is 1. The quantitative estimate of drug-likeness (QED) is 0.738. The van der Waals surface area contributed by atoms with Crippen LogP contribution in [-0.4, -0.2) is 18.9 Å². The van der Waals surface area contributed by atoms with Crippen LogP contribution < -0.4 is 10.1 Å². The van der Waals surface area contributed by atoms with Gasteiger partial charge in [0, 0.05) is 0 Å². The third-order valence-corrected chi connectivity index (χ3v) is 3.52. The second kappa shape index (κ2) is 2.84. The van der Waals surface area contributed by atoms with E-state index in [1.54, 1.807) is 7.11 Å². The lowest BCUT2D eigenvalue weighted by Crippen LogP contribution is -2.30. The molecule has 0 aromatic heterocycles. The minimum absolute atomic E-state index is 0.138. The average molecular weight is 217 g/mol. The van der Waals surface area contributed by atoms with E-state index in [0.717, 1.165) is 11.3 Å². The van der Waals surface area contributed by atoms with E-state index < -0.39 is 5.41 Å². The molecule has 1 saturated carbocycles. The van der Waals surface area contributed by atoms with Crippen molar-refractivity contribution in [3.63, 3.8) is 0 Å². The first kappa shape index (κ1) is 9.39. The Morgan fingerprint density at radius 2 is 2.00 bits per heavy atom. The fourth-order valence-corrected chi connectivity index (χ4v) is 2.48. The smallest absolute Gasteiger partial charge is 0.238 e. The summed E-state index contributed by atoms with van der Waals surface area (Å²) in [5.74, 6) is 0.295. The van der Waals surface area contributed by atoms with E-state index in [2.05, 4.69) is 5.32 Å². The lowest BCUT2D eigenvalue weighted by molar-refractivity contribution is -0.127. The van der Waals surface area contributed by atoms with Gasteiger partial charge in [-0.05, 0) is 24.1 Å². The molecule has 1 saturated heterocycles. The van der Waals surface area contributed by atoms with Crippen molar-refractivity contribution in [1.82, 2.24) is 5.32 Å². The second-order valence-corrected chi connectivity index (χ2v) is 4.27. The maximum absolute atomic E-state index is 11.7. The van der Waals surface area contributed by atoms with Gasteiger partial charge in [-0.1, -0.05) is 12.1 Å². The second-order valence-electron chi connectivity index (χ2n) is 4.27. The first-order valence-corrected chi connectivity index (χ1v) is 5.18. The molecule has 1 aromatic rings. The van der Waals surface area contributed by atoms with Crippen molar-refractivity contribution in [2.45, 2.75) is 11.8 Å². The first-order valence-electron chi connectivity index (χ1n) is 5.18. The van der Waals surface area contributed by atoms with Crippen LogP contribution in [0, 0.1) is 5.92 Å². The summed E-state index contributed by atoms with van der Waals surface area (Å²) < 4.78 is 5.06. The zero-order chi connectivity index (χ0) is 11.3. The number of hydrogen-bond donors (Lipinski definition) is 1. The molecule has 82 valence electrons. The van der Waals surface area contributed by atoms with Crippen LogP contribution in [0.3, 0.4) is 0 Å². The van der Waals surface area contributed by atoms with Gasteiger partial charge in [0.2, 0.25) is 11.8 Å². The highest BCUT2D eigenvalue weighted by atomic mass is 16.5. The molecule has 1 aliphatic heterocycles. The Morgan fingerprint density at radius 3 is 2.44 bits per heavy atom. The van der Waals surface area contributed by atoms with Crippen molar-refractivity contribution in [2.75, 3.05) is 7.11 Å². The molecule has 1 unspecified atom stereocenters. The minimum atomic E-state index is -0.580. The van der Waals surface area contributed by atoms with Gasteiger partial charge >= 0.3 is 0 Å². The number of ether oxygens (including phenoxy) is 1. The number of methoxy groups -OCH3 is 1. The van der Waals surface area contributed by atoms with Crippen molar-refractivity contribution < 1.29 is 14.3 Å². The lowest BCUT2D eigenvalue weighted by atomic mass is 9.94. The molecule has 16 heavy (non-hydrogen) atoms. The van der Waals surface area contributed by atoms with Crippen molar-refractivity contribution in [2.24, 2.45) is 5.92 Å². The predicted octanol–water partition coefficient (Wildman–Crippen LogP) is 0.609. The number of fused-ring (bicyclic) bond motifs is 1. The van der Waals surface area contributed by atoms with Gasteiger partial charge in [-0.15, -0.1) is 0 Å². The van der Waals surface area contributed by atoms with Gasteiger partial charge in [0.15, 0.2) is 0 Å². The zero-order valence-electron chi connectivity index (χ0n) is 8.82. The number of amides is 2. The van der Waals surface area contributed by atoms with E-state index in [9.17, 15) is 9.59 Å². The van der Waals surface area contributed by atoms with Crippen LogP contribution in [-0.2, 0) is 15.0 Å². The van der Waals surface area contributed by atoms with Crippen molar-refractivity contribution in [3.05, 3.63) is 29.8 Å². The molecule has 1 aliphatic carbocycles. The number of nitrogens with one attached hydrogen (secondary N) is 1. The maximum Gasteiger partial charge on any atom is 0.238 e. The van der Waals surface area contributed by atoms with Gasteiger partial charge in [0.25, 0.3) is 0 Å². The van der Waals surface area contributed by atoms with Crippen LogP contribution in [0.5, 0.6) is 5.75 Å². The number of carbonyl (C=O) groups is 2. The highest BCUT2D eigenvalue weighted by Gasteiger charge is 2.69. The molecular weight excluding hydrogens is 206 g/mol. The van der Waals surface area contributed by atoms with Crippen LogP contribution >= 0.6 is 0 Å². The summed E-state index contributed by atoms with van der Waals surface area (Å²) in [5, 5.41) is 2.38. The number of benzene rings is 1. The largest absolute Gasteiger partial charge is 0.497 e. The van der Waals surface area contributed by atoms with Gasteiger partial charge < -0.3 is 4.74 Å².